The van der Waals surface area contributed by atoms with Crippen LogP contribution in [0.15, 0.2) is 35.8 Å². The lowest BCUT2D eigenvalue weighted by Gasteiger charge is -2.20. The van der Waals surface area contributed by atoms with Gasteiger partial charge in [0.05, 0.1) is 0 Å². The molecule has 0 saturated heterocycles. The van der Waals surface area contributed by atoms with Crippen LogP contribution in [0.25, 0.3) is 0 Å². The van der Waals surface area contributed by atoms with Crippen molar-refractivity contribution in [2.24, 2.45) is 0 Å². The van der Waals surface area contributed by atoms with Gasteiger partial charge in [0.15, 0.2) is 17.0 Å². The van der Waals surface area contributed by atoms with Gasteiger partial charge < -0.3 is 4.74 Å². The number of anilines is 1. The predicted molar refractivity (Wildman–Crippen MR) is 82.1 cm³/mol. The molecule has 2 aromatic rings. The van der Waals surface area contributed by atoms with E-state index in [2.05, 4.69) is 4.98 Å². The summed E-state index contributed by atoms with van der Waals surface area (Å²) >= 11 is 1.38. The largest absolute Gasteiger partial charge is 0.481 e. The van der Waals surface area contributed by atoms with Gasteiger partial charge in [0, 0.05) is 24.2 Å². The van der Waals surface area contributed by atoms with Crippen molar-refractivity contribution >= 4 is 28.2 Å². The Kier molecular flexibility index (Phi) is 4.70. The van der Waals surface area contributed by atoms with Crippen LogP contribution in [-0.2, 0) is 4.79 Å². The molecule has 1 unspecified atom stereocenters. The van der Waals surface area contributed by atoms with E-state index in [1.54, 1.807) is 49.8 Å². The topological polar surface area (TPSA) is 59.5 Å². The first-order valence-corrected chi connectivity index (χ1v) is 7.31. The number of likely N-dealkylation sites (N-methyl/N-ethyl adjacent to an activating group) is 1. The number of hydrogen-bond donors (Lipinski definition) is 0. The van der Waals surface area contributed by atoms with E-state index < -0.39 is 6.10 Å². The van der Waals surface area contributed by atoms with Gasteiger partial charge >= 0.3 is 0 Å². The normalized spacial score (nSPS) is 11.8. The molecule has 0 aliphatic rings. The van der Waals surface area contributed by atoms with Gasteiger partial charge in [-0.2, -0.15) is 0 Å². The Labute approximate surface area is 127 Å². The van der Waals surface area contributed by atoms with Crippen molar-refractivity contribution in [2.75, 3.05) is 11.9 Å². The molecule has 110 valence electrons. The Morgan fingerprint density at radius 2 is 2.14 bits per heavy atom. The van der Waals surface area contributed by atoms with Crippen LogP contribution in [-0.4, -0.2) is 29.8 Å². The van der Waals surface area contributed by atoms with E-state index in [-0.39, 0.29) is 11.7 Å². The fraction of sp³-hybridized carbons (Fsp3) is 0.267. The number of benzene rings is 1. The van der Waals surface area contributed by atoms with Crippen molar-refractivity contribution < 1.29 is 14.3 Å². The van der Waals surface area contributed by atoms with E-state index in [4.69, 9.17) is 4.74 Å². The van der Waals surface area contributed by atoms with Gasteiger partial charge in [0.1, 0.15) is 5.75 Å². The summed E-state index contributed by atoms with van der Waals surface area (Å²) in [7, 11) is 1.66. The number of amides is 1. The number of rotatable bonds is 5. The van der Waals surface area contributed by atoms with Crippen LogP contribution < -0.4 is 9.64 Å². The fourth-order valence-electron chi connectivity index (χ4n) is 1.79. The van der Waals surface area contributed by atoms with Crippen LogP contribution in [0.4, 0.5) is 5.13 Å². The van der Waals surface area contributed by atoms with Crippen LogP contribution in [0.1, 0.15) is 24.2 Å². The first-order chi connectivity index (χ1) is 9.99. The molecule has 1 aromatic carbocycles. The van der Waals surface area contributed by atoms with Crippen molar-refractivity contribution in [3.05, 3.63) is 41.4 Å². The summed E-state index contributed by atoms with van der Waals surface area (Å²) in [6, 6.07) is 6.80. The second kappa shape index (κ2) is 6.49. The molecule has 0 fully saturated rings. The highest BCUT2D eigenvalue weighted by atomic mass is 32.1. The Morgan fingerprint density at radius 1 is 1.38 bits per heavy atom. The molecule has 1 atom stereocenters. The van der Waals surface area contributed by atoms with E-state index >= 15 is 0 Å². The number of ketones is 1. The highest BCUT2D eigenvalue weighted by molar-refractivity contribution is 7.13. The van der Waals surface area contributed by atoms with E-state index in [1.807, 2.05) is 0 Å². The molecule has 1 aromatic heterocycles. The summed E-state index contributed by atoms with van der Waals surface area (Å²) in [6.07, 6.45) is 0.979. The zero-order valence-corrected chi connectivity index (χ0v) is 12.9. The monoisotopic (exact) mass is 304 g/mol. The molecule has 0 spiro atoms. The third kappa shape index (κ3) is 3.66. The lowest BCUT2D eigenvalue weighted by molar-refractivity contribution is -0.124. The maximum Gasteiger partial charge on any atom is 0.269 e. The minimum atomic E-state index is -0.666. The Bertz CT molecular complexity index is 640. The summed E-state index contributed by atoms with van der Waals surface area (Å²) < 4.78 is 5.62. The van der Waals surface area contributed by atoms with Crippen molar-refractivity contribution in [2.45, 2.75) is 20.0 Å². The van der Waals surface area contributed by atoms with Crippen LogP contribution in [0, 0.1) is 0 Å². The number of ether oxygens (including phenoxy) is 1. The summed E-state index contributed by atoms with van der Waals surface area (Å²) in [4.78, 5) is 29.2. The third-order valence-electron chi connectivity index (χ3n) is 2.94. The second-order valence-corrected chi connectivity index (χ2v) is 5.43. The summed E-state index contributed by atoms with van der Waals surface area (Å²) in [5, 5.41) is 2.42. The van der Waals surface area contributed by atoms with Crippen molar-refractivity contribution in [3.63, 3.8) is 0 Å². The van der Waals surface area contributed by atoms with Gasteiger partial charge in [-0.05, 0) is 26.0 Å². The maximum absolute atomic E-state index is 12.3. The molecule has 1 amide bonds. The second-order valence-electron chi connectivity index (χ2n) is 4.56. The lowest BCUT2D eigenvalue weighted by Crippen LogP contribution is -2.37. The smallest absolute Gasteiger partial charge is 0.269 e. The van der Waals surface area contributed by atoms with E-state index in [0.717, 1.165) is 0 Å². The first kappa shape index (κ1) is 15.2. The number of aromatic nitrogens is 1. The van der Waals surface area contributed by atoms with Crippen molar-refractivity contribution in [1.29, 1.82) is 0 Å². The Morgan fingerprint density at radius 3 is 2.76 bits per heavy atom. The molecule has 21 heavy (non-hydrogen) atoms. The molecule has 0 radical (unpaired) electrons. The number of Topliss-reactive ketones (excluding diaryl/α,β-unsaturated/α-hetero) is 1. The van der Waals surface area contributed by atoms with E-state index in [9.17, 15) is 9.59 Å². The number of hydrogen-bond acceptors (Lipinski definition) is 5. The number of carbonyl (C=O) groups excluding carboxylic acids is 2. The average Bonchev–Trinajstić information content (AvgIpc) is 3.00. The van der Waals surface area contributed by atoms with Crippen molar-refractivity contribution in [3.8, 4) is 5.75 Å². The Balaban J connectivity index is 2.07. The molecule has 1 heterocycles. The number of nitrogens with zero attached hydrogens (tertiary/aromatic N) is 2. The summed E-state index contributed by atoms with van der Waals surface area (Å²) in [5.74, 6) is 0.258. The van der Waals surface area contributed by atoms with Gasteiger partial charge in [-0.25, -0.2) is 4.98 Å². The van der Waals surface area contributed by atoms with Gasteiger partial charge in [-0.15, -0.1) is 11.3 Å². The van der Waals surface area contributed by atoms with E-state index in [1.165, 1.54) is 23.2 Å². The minimum Gasteiger partial charge on any atom is -0.481 e. The molecular formula is C15H16N2O3S. The van der Waals surface area contributed by atoms with Gasteiger partial charge in [0.25, 0.3) is 5.91 Å². The fourth-order valence-corrected chi connectivity index (χ4v) is 2.40. The molecule has 0 N–H and O–H groups in total. The van der Waals surface area contributed by atoms with Crippen LogP contribution >= 0.6 is 11.3 Å². The number of carbonyl (C=O) groups is 2. The highest BCUT2D eigenvalue weighted by Gasteiger charge is 2.21. The van der Waals surface area contributed by atoms with Gasteiger partial charge in [-0.1, -0.05) is 12.1 Å². The highest BCUT2D eigenvalue weighted by Crippen LogP contribution is 2.19. The molecular weight excluding hydrogens is 288 g/mol. The quantitative estimate of drug-likeness (QED) is 0.797. The summed E-state index contributed by atoms with van der Waals surface area (Å²) in [5.41, 5.74) is 0.556. The van der Waals surface area contributed by atoms with Gasteiger partial charge in [0.2, 0.25) is 0 Å². The molecule has 0 aliphatic heterocycles. The summed E-state index contributed by atoms with van der Waals surface area (Å²) in [6.45, 7) is 3.16. The lowest BCUT2D eigenvalue weighted by atomic mass is 10.1. The average molecular weight is 304 g/mol. The van der Waals surface area contributed by atoms with Crippen molar-refractivity contribution in [1.82, 2.24) is 4.98 Å². The maximum atomic E-state index is 12.3. The number of thiazole rings is 1. The predicted octanol–water partition coefficient (Wildman–Crippen LogP) is 2.78. The molecule has 0 saturated carbocycles. The molecule has 2 rings (SSSR count). The standard InChI is InChI=1S/C15H16N2O3S/c1-10(18)12-5-4-6-13(9-12)20-11(2)14(19)17(3)15-16-7-8-21-15/h4-9,11H,1-3H3. The molecule has 0 aliphatic carbocycles. The molecule has 5 nitrogen and oxygen atoms in total. The third-order valence-corrected chi connectivity index (χ3v) is 3.79. The van der Waals surface area contributed by atoms with Gasteiger partial charge in [-0.3, -0.25) is 14.5 Å². The zero-order valence-electron chi connectivity index (χ0n) is 12.1. The Hall–Kier alpha value is -2.21. The minimum absolute atomic E-state index is 0.0423. The van der Waals surface area contributed by atoms with Crippen LogP contribution in [0.3, 0.4) is 0 Å². The van der Waals surface area contributed by atoms with E-state index in [0.29, 0.717) is 16.4 Å². The van der Waals surface area contributed by atoms with Crippen LogP contribution in [0.2, 0.25) is 0 Å². The SMILES string of the molecule is CC(=O)c1cccc(OC(C)C(=O)N(C)c2nccs2)c1. The molecule has 0 bridgehead atoms. The zero-order chi connectivity index (χ0) is 15.4. The first-order valence-electron chi connectivity index (χ1n) is 6.43. The van der Waals surface area contributed by atoms with Crippen LogP contribution in [0.5, 0.6) is 5.75 Å². The molecule has 6 heteroatoms.